The number of primary amides is 1. The van der Waals surface area contributed by atoms with Gasteiger partial charge in [-0.1, -0.05) is 0 Å². The zero-order valence-corrected chi connectivity index (χ0v) is 7.82. The van der Waals surface area contributed by atoms with Crippen molar-refractivity contribution in [1.29, 1.82) is 0 Å². The molecule has 0 aliphatic rings. The third kappa shape index (κ3) is 3.49. The molecule has 1 amide bonds. The number of hydrogen-bond donors (Lipinski definition) is 1. The number of carbonyl (C=O) groups is 1. The molecule has 0 saturated heterocycles. The monoisotopic (exact) mass is 216 g/mol. The summed E-state index contributed by atoms with van der Waals surface area (Å²) in [7, 11) is 0. The second-order valence-corrected chi connectivity index (χ2v) is 2.84. The highest BCUT2D eigenvalue weighted by atomic mass is 19.2. The van der Waals surface area contributed by atoms with E-state index in [4.69, 9.17) is 10.5 Å². The molecular weight excluding hydrogens is 206 g/mol. The molecule has 4 nitrogen and oxygen atoms in total. The number of halogens is 2. The Labute approximate surface area is 85.1 Å². The highest BCUT2D eigenvalue weighted by Crippen LogP contribution is 2.11. The molecule has 6 heteroatoms. The van der Waals surface area contributed by atoms with E-state index in [0.29, 0.717) is 0 Å². The van der Waals surface area contributed by atoms with Crippen molar-refractivity contribution < 1.29 is 18.3 Å². The number of nitrogens with two attached hydrogens (primary N) is 1. The fourth-order valence-electron chi connectivity index (χ4n) is 0.864. The number of amides is 1. The molecule has 0 fully saturated rings. The number of hydrogen-bond acceptors (Lipinski definition) is 3. The SMILES string of the molecule is NC(=O)c1cncc(OCC(F)CF)c1. The molecule has 1 heterocycles. The van der Waals surface area contributed by atoms with Crippen molar-refractivity contribution in [2.24, 2.45) is 5.73 Å². The largest absolute Gasteiger partial charge is 0.489 e. The summed E-state index contributed by atoms with van der Waals surface area (Å²) >= 11 is 0. The molecular formula is C9H10F2N2O2. The van der Waals surface area contributed by atoms with Crippen LogP contribution in [0.2, 0.25) is 0 Å². The molecule has 0 bridgehead atoms. The van der Waals surface area contributed by atoms with Crippen molar-refractivity contribution in [2.45, 2.75) is 6.17 Å². The number of carbonyl (C=O) groups excluding carboxylic acids is 1. The number of rotatable bonds is 5. The fraction of sp³-hybridized carbons (Fsp3) is 0.333. The van der Waals surface area contributed by atoms with Crippen LogP contribution in [-0.4, -0.2) is 30.3 Å². The molecule has 1 aromatic heterocycles. The van der Waals surface area contributed by atoms with Gasteiger partial charge in [0.2, 0.25) is 5.91 Å². The first-order valence-corrected chi connectivity index (χ1v) is 4.21. The Hall–Kier alpha value is -1.72. The van der Waals surface area contributed by atoms with Gasteiger partial charge in [0.15, 0.2) is 6.17 Å². The van der Waals surface area contributed by atoms with Gasteiger partial charge < -0.3 is 10.5 Å². The molecule has 1 unspecified atom stereocenters. The second-order valence-electron chi connectivity index (χ2n) is 2.84. The lowest BCUT2D eigenvalue weighted by molar-refractivity contribution is 0.0999. The molecule has 1 rings (SSSR count). The summed E-state index contributed by atoms with van der Waals surface area (Å²) in [6.07, 6.45) is 0.872. The van der Waals surface area contributed by atoms with Gasteiger partial charge in [0.25, 0.3) is 0 Å². The predicted octanol–water partition coefficient (Wildman–Crippen LogP) is 0.867. The van der Waals surface area contributed by atoms with E-state index in [2.05, 4.69) is 4.98 Å². The number of ether oxygens (including phenoxy) is 1. The molecule has 1 aromatic rings. The zero-order chi connectivity index (χ0) is 11.3. The van der Waals surface area contributed by atoms with Gasteiger partial charge >= 0.3 is 0 Å². The number of aromatic nitrogens is 1. The van der Waals surface area contributed by atoms with Gasteiger partial charge in [0, 0.05) is 6.20 Å². The minimum Gasteiger partial charge on any atom is -0.489 e. The number of nitrogens with zero attached hydrogens (tertiary/aromatic N) is 1. The first-order chi connectivity index (χ1) is 7.13. The van der Waals surface area contributed by atoms with E-state index >= 15 is 0 Å². The maximum absolute atomic E-state index is 12.5. The average molecular weight is 216 g/mol. The quantitative estimate of drug-likeness (QED) is 0.794. The van der Waals surface area contributed by atoms with Crippen LogP contribution in [-0.2, 0) is 0 Å². The van der Waals surface area contributed by atoms with Crippen LogP contribution in [0.25, 0.3) is 0 Å². The standard InChI is InChI=1S/C9H10F2N2O2/c10-2-7(11)5-15-8-1-6(9(12)14)3-13-4-8/h1,3-4,7H,2,5H2,(H2,12,14). The summed E-state index contributed by atoms with van der Waals surface area (Å²) in [5.41, 5.74) is 5.15. The Morgan fingerprint density at radius 3 is 2.93 bits per heavy atom. The van der Waals surface area contributed by atoms with Crippen LogP contribution in [0.4, 0.5) is 8.78 Å². The molecule has 0 aromatic carbocycles. The van der Waals surface area contributed by atoms with Crippen molar-refractivity contribution in [3.63, 3.8) is 0 Å². The zero-order valence-electron chi connectivity index (χ0n) is 7.82. The third-order valence-corrected chi connectivity index (χ3v) is 1.60. The molecule has 0 aliphatic carbocycles. The lowest BCUT2D eigenvalue weighted by Gasteiger charge is -2.07. The van der Waals surface area contributed by atoms with Crippen molar-refractivity contribution in [3.8, 4) is 5.75 Å². The van der Waals surface area contributed by atoms with Crippen LogP contribution >= 0.6 is 0 Å². The summed E-state index contributed by atoms with van der Waals surface area (Å²) in [6, 6.07) is 1.32. The molecule has 0 aliphatic heterocycles. The van der Waals surface area contributed by atoms with Crippen LogP contribution in [0.5, 0.6) is 5.75 Å². The first-order valence-electron chi connectivity index (χ1n) is 4.21. The van der Waals surface area contributed by atoms with Gasteiger partial charge in [0.1, 0.15) is 19.0 Å². The van der Waals surface area contributed by atoms with Gasteiger partial charge in [-0.25, -0.2) is 8.78 Å². The highest BCUT2D eigenvalue weighted by Gasteiger charge is 2.08. The van der Waals surface area contributed by atoms with E-state index in [9.17, 15) is 13.6 Å². The minimum absolute atomic E-state index is 0.156. The van der Waals surface area contributed by atoms with Crippen molar-refractivity contribution in [3.05, 3.63) is 24.0 Å². The van der Waals surface area contributed by atoms with E-state index in [1.807, 2.05) is 0 Å². The van der Waals surface area contributed by atoms with Crippen LogP contribution in [0.1, 0.15) is 10.4 Å². The van der Waals surface area contributed by atoms with E-state index in [1.54, 1.807) is 0 Å². The summed E-state index contributed by atoms with van der Waals surface area (Å²) in [5.74, 6) is -0.474. The van der Waals surface area contributed by atoms with Crippen molar-refractivity contribution >= 4 is 5.91 Å². The Bertz CT molecular complexity index is 347. The Balaban J connectivity index is 2.62. The lowest BCUT2D eigenvalue weighted by atomic mass is 10.3. The molecule has 15 heavy (non-hydrogen) atoms. The average Bonchev–Trinajstić information content (AvgIpc) is 2.26. The molecule has 0 radical (unpaired) electrons. The smallest absolute Gasteiger partial charge is 0.250 e. The van der Waals surface area contributed by atoms with Gasteiger partial charge in [0.05, 0.1) is 11.8 Å². The van der Waals surface area contributed by atoms with Crippen molar-refractivity contribution in [2.75, 3.05) is 13.3 Å². The van der Waals surface area contributed by atoms with E-state index in [1.165, 1.54) is 18.5 Å². The molecule has 2 N–H and O–H groups in total. The maximum atomic E-state index is 12.5. The number of pyridine rings is 1. The van der Waals surface area contributed by atoms with E-state index < -0.39 is 25.4 Å². The Kier molecular flexibility index (Phi) is 3.96. The van der Waals surface area contributed by atoms with Crippen LogP contribution in [0, 0.1) is 0 Å². The Morgan fingerprint density at radius 2 is 2.33 bits per heavy atom. The second kappa shape index (κ2) is 5.23. The summed E-state index contributed by atoms with van der Waals surface area (Å²) in [6.45, 7) is -1.52. The van der Waals surface area contributed by atoms with Gasteiger partial charge in [-0.15, -0.1) is 0 Å². The minimum atomic E-state index is -1.68. The van der Waals surface area contributed by atoms with Gasteiger partial charge in [-0.2, -0.15) is 0 Å². The fourth-order valence-corrected chi connectivity index (χ4v) is 0.864. The third-order valence-electron chi connectivity index (χ3n) is 1.60. The number of alkyl halides is 2. The normalized spacial score (nSPS) is 12.1. The summed E-state index contributed by atoms with van der Waals surface area (Å²) < 4.78 is 29.1. The summed E-state index contributed by atoms with van der Waals surface area (Å²) in [4.78, 5) is 14.4. The Morgan fingerprint density at radius 1 is 1.60 bits per heavy atom. The van der Waals surface area contributed by atoms with Crippen LogP contribution in [0.15, 0.2) is 18.5 Å². The lowest BCUT2D eigenvalue weighted by Crippen LogP contribution is -2.15. The molecule has 1 atom stereocenters. The maximum Gasteiger partial charge on any atom is 0.250 e. The molecule has 0 spiro atoms. The highest BCUT2D eigenvalue weighted by molar-refractivity contribution is 5.92. The molecule has 82 valence electrons. The van der Waals surface area contributed by atoms with Crippen LogP contribution < -0.4 is 10.5 Å². The predicted molar refractivity (Wildman–Crippen MR) is 49.1 cm³/mol. The van der Waals surface area contributed by atoms with Gasteiger partial charge in [-0.05, 0) is 6.07 Å². The van der Waals surface area contributed by atoms with E-state index in [-0.39, 0.29) is 11.3 Å². The first kappa shape index (κ1) is 11.4. The summed E-state index contributed by atoms with van der Waals surface area (Å²) in [5, 5.41) is 0. The molecule has 0 saturated carbocycles. The van der Waals surface area contributed by atoms with Gasteiger partial charge in [-0.3, -0.25) is 9.78 Å². The topological polar surface area (TPSA) is 65.2 Å². The van der Waals surface area contributed by atoms with Crippen LogP contribution in [0.3, 0.4) is 0 Å². The van der Waals surface area contributed by atoms with E-state index in [0.717, 1.165) is 0 Å². The van der Waals surface area contributed by atoms with Crippen molar-refractivity contribution in [1.82, 2.24) is 4.98 Å².